The molecule has 8 nitrogen and oxygen atoms in total. The maximum Gasteiger partial charge on any atom is 0.283 e. The first-order chi connectivity index (χ1) is 13.6. The number of carbonyl (C=O) groups excluding carboxylic acids is 2. The summed E-state index contributed by atoms with van der Waals surface area (Å²) in [5, 5.41) is 12.4. The van der Waals surface area contributed by atoms with Crippen LogP contribution in [0.1, 0.15) is 54.2 Å². The lowest BCUT2D eigenvalue weighted by Crippen LogP contribution is -2.51. The van der Waals surface area contributed by atoms with Gasteiger partial charge in [0, 0.05) is 24.0 Å². The van der Waals surface area contributed by atoms with Crippen LogP contribution in [0.3, 0.4) is 0 Å². The van der Waals surface area contributed by atoms with Gasteiger partial charge in [-0.25, -0.2) is 9.66 Å². The van der Waals surface area contributed by atoms with E-state index in [4.69, 9.17) is 4.74 Å². The third-order valence-electron chi connectivity index (χ3n) is 6.34. The van der Waals surface area contributed by atoms with Crippen molar-refractivity contribution in [2.24, 2.45) is 11.8 Å². The van der Waals surface area contributed by atoms with Gasteiger partial charge in [0.2, 0.25) is 5.78 Å². The summed E-state index contributed by atoms with van der Waals surface area (Å²) in [7, 11) is 0. The lowest BCUT2D eigenvalue weighted by Gasteiger charge is -2.31. The van der Waals surface area contributed by atoms with Crippen LogP contribution in [-0.4, -0.2) is 52.6 Å². The van der Waals surface area contributed by atoms with Gasteiger partial charge in [0.15, 0.2) is 5.78 Å². The van der Waals surface area contributed by atoms with Crippen LogP contribution in [0, 0.1) is 11.8 Å². The van der Waals surface area contributed by atoms with Crippen LogP contribution in [0.2, 0.25) is 0 Å². The van der Waals surface area contributed by atoms with Crippen LogP contribution in [0.15, 0.2) is 22.3 Å². The fourth-order valence-corrected chi connectivity index (χ4v) is 4.63. The van der Waals surface area contributed by atoms with Crippen LogP contribution in [0.5, 0.6) is 0 Å². The van der Waals surface area contributed by atoms with Crippen molar-refractivity contribution in [3.05, 3.63) is 39.3 Å². The van der Waals surface area contributed by atoms with E-state index < -0.39 is 11.3 Å². The predicted octanol–water partition coefficient (Wildman–Crippen LogP) is 1.08. The van der Waals surface area contributed by atoms with E-state index in [1.807, 2.05) is 5.01 Å². The first-order valence-electron chi connectivity index (χ1n) is 10.0. The monoisotopic (exact) mass is 385 g/mol. The molecule has 0 radical (unpaired) electrons. The van der Waals surface area contributed by atoms with E-state index in [2.05, 4.69) is 4.98 Å². The van der Waals surface area contributed by atoms with E-state index in [0.717, 1.165) is 12.8 Å². The number of hydrogen-bond donors (Lipinski definition) is 1. The molecule has 0 aromatic carbocycles. The second-order valence-electron chi connectivity index (χ2n) is 8.15. The molecule has 148 valence electrons. The molecule has 2 atom stereocenters. The van der Waals surface area contributed by atoms with Crippen LogP contribution in [0.25, 0.3) is 0 Å². The van der Waals surface area contributed by atoms with Crippen molar-refractivity contribution in [2.45, 2.75) is 38.0 Å². The number of aliphatic hydroxyl groups is 1. The van der Waals surface area contributed by atoms with Crippen molar-refractivity contribution < 1.29 is 19.4 Å². The summed E-state index contributed by atoms with van der Waals surface area (Å²) < 4.78 is 6.89. The largest absolute Gasteiger partial charge is 0.511 e. The molecule has 8 heteroatoms. The summed E-state index contributed by atoms with van der Waals surface area (Å²) in [6.07, 6.45) is 5.21. The highest BCUT2D eigenvalue weighted by molar-refractivity contribution is 6.27. The topological polar surface area (TPSA) is 102 Å². The Bertz CT molecular complexity index is 940. The van der Waals surface area contributed by atoms with Gasteiger partial charge in [-0.15, -0.1) is 0 Å². The second-order valence-corrected chi connectivity index (χ2v) is 8.15. The number of rotatable bonds is 4. The van der Waals surface area contributed by atoms with E-state index >= 15 is 0 Å². The molecule has 2 saturated carbocycles. The van der Waals surface area contributed by atoms with Crippen molar-refractivity contribution in [3.8, 4) is 0 Å². The van der Waals surface area contributed by atoms with Crippen LogP contribution >= 0.6 is 0 Å². The molecule has 0 spiro atoms. The summed E-state index contributed by atoms with van der Waals surface area (Å²) in [6, 6.07) is 0. The number of hydrogen-bond acceptors (Lipinski definition) is 7. The number of allylic oxidation sites excluding steroid dienone is 2. The molecule has 1 aromatic heterocycles. The van der Waals surface area contributed by atoms with Gasteiger partial charge in [-0.05, 0) is 32.1 Å². The minimum Gasteiger partial charge on any atom is -0.511 e. The number of ketones is 2. The molecule has 2 unspecified atom stereocenters. The fraction of sp³-hybridized carbons (Fsp3) is 0.600. The number of morpholine rings is 1. The summed E-state index contributed by atoms with van der Waals surface area (Å²) >= 11 is 0. The molecule has 1 N–H and O–H groups in total. The Labute approximate surface area is 161 Å². The summed E-state index contributed by atoms with van der Waals surface area (Å²) in [4.78, 5) is 43.6. The Hall–Kier alpha value is -2.48. The van der Waals surface area contributed by atoms with E-state index in [1.54, 1.807) is 0 Å². The Balaban J connectivity index is 1.59. The smallest absolute Gasteiger partial charge is 0.283 e. The normalized spacial score (nSPS) is 27.4. The van der Waals surface area contributed by atoms with Gasteiger partial charge in [0.05, 0.1) is 26.3 Å². The maximum absolute atomic E-state index is 13.3. The van der Waals surface area contributed by atoms with Gasteiger partial charge in [0.1, 0.15) is 22.7 Å². The number of fused-ring (bicyclic) bond motifs is 2. The summed E-state index contributed by atoms with van der Waals surface area (Å²) in [5.41, 5.74) is -0.813. The number of aromatic nitrogens is 2. The lowest BCUT2D eigenvalue weighted by atomic mass is 9.83. The SMILES string of the molecule is O=C(C1=C(O)C2CCC(C2)C1=O)c1cnc(C2CC2)n(N2CCOCC2)c1=O. The third-order valence-corrected chi connectivity index (χ3v) is 6.34. The van der Waals surface area contributed by atoms with Gasteiger partial charge in [0.25, 0.3) is 5.56 Å². The number of nitrogens with zero attached hydrogens (tertiary/aromatic N) is 3. The molecule has 4 aliphatic rings. The molecular weight excluding hydrogens is 362 g/mol. The zero-order valence-electron chi connectivity index (χ0n) is 15.6. The second kappa shape index (κ2) is 6.55. The van der Waals surface area contributed by atoms with Gasteiger partial charge in [-0.3, -0.25) is 14.4 Å². The standard InChI is InChI=1S/C20H23N3O5/c24-16-12-3-4-13(9-12)17(25)15(16)18(26)14-10-21-19(11-1-2-11)23(20(14)27)22-5-7-28-8-6-22/h10-13,24H,1-9H2. The zero-order valence-corrected chi connectivity index (χ0v) is 15.6. The molecule has 3 aliphatic carbocycles. The number of carbonyl (C=O) groups is 2. The Morgan fingerprint density at radius 3 is 2.46 bits per heavy atom. The summed E-state index contributed by atoms with van der Waals surface area (Å²) in [6.45, 7) is 2.08. The number of ether oxygens (including phenoxy) is 1. The van der Waals surface area contributed by atoms with Crippen molar-refractivity contribution >= 4 is 11.6 Å². The molecule has 1 aromatic rings. The molecule has 1 aliphatic heterocycles. The van der Waals surface area contributed by atoms with Crippen LogP contribution in [-0.2, 0) is 9.53 Å². The van der Waals surface area contributed by atoms with Crippen molar-refractivity contribution in [1.82, 2.24) is 9.66 Å². The van der Waals surface area contributed by atoms with Crippen LogP contribution in [0.4, 0.5) is 0 Å². The average molecular weight is 385 g/mol. The highest BCUT2D eigenvalue weighted by Crippen LogP contribution is 2.43. The van der Waals surface area contributed by atoms with E-state index in [1.165, 1.54) is 10.9 Å². The highest BCUT2D eigenvalue weighted by Gasteiger charge is 2.44. The summed E-state index contributed by atoms with van der Waals surface area (Å²) in [5.74, 6) is -0.661. The molecule has 28 heavy (non-hydrogen) atoms. The molecule has 0 amide bonds. The minimum atomic E-state index is -0.694. The molecule has 1 saturated heterocycles. The third kappa shape index (κ3) is 2.70. The number of aliphatic hydroxyl groups excluding tert-OH is 1. The minimum absolute atomic E-state index is 0.146. The van der Waals surface area contributed by atoms with E-state index in [9.17, 15) is 19.5 Å². The van der Waals surface area contributed by atoms with E-state index in [0.29, 0.717) is 51.4 Å². The first-order valence-corrected chi connectivity index (χ1v) is 10.0. The molecule has 3 fully saturated rings. The Morgan fingerprint density at radius 2 is 1.75 bits per heavy atom. The van der Waals surface area contributed by atoms with Crippen LogP contribution < -0.4 is 10.6 Å². The van der Waals surface area contributed by atoms with Crippen molar-refractivity contribution in [2.75, 3.05) is 31.3 Å². The maximum atomic E-state index is 13.3. The first kappa shape index (κ1) is 17.6. The highest BCUT2D eigenvalue weighted by atomic mass is 16.5. The van der Waals surface area contributed by atoms with E-state index in [-0.39, 0.29) is 40.4 Å². The molecule has 5 rings (SSSR count). The molecule has 2 heterocycles. The fourth-order valence-electron chi connectivity index (χ4n) is 4.63. The van der Waals surface area contributed by atoms with Gasteiger partial charge < -0.3 is 14.9 Å². The average Bonchev–Trinajstić information content (AvgIpc) is 3.45. The van der Waals surface area contributed by atoms with Crippen molar-refractivity contribution in [1.29, 1.82) is 0 Å². The zero-order chi connectivity index (χ0) is 19.4. The quantitative estimate of drug-likeness (QED) is 0.611. The van der Waals surface area contributed by atoms with Gasteiger partial charge >= 0.3 is 0 Å². The molecule has 2 bridgehead atoms. The van der Waals surface area contributed by atoms with Gasteiger partial charge in [-0.1, -0.05) is 0 Å². The lowest BCUT2D eigenvalue weighted by molar-refractivity contribution is -0.119. The predicted molar refractivity (Wildman–Crippen MR) is 99.1 cm³/mol. The van der Waals surface area contributed by atoms with Gasteiger partial charge in [-0.2, -0.15) is 0 Å². The van der Waals surface area contributed by atoms with Crippen molar-refractivity contribution in [3.63, 3.8) is 0 Å². The Morgan fingerprint density at radius 1 is 1.07 bits per heavy atom. The Kier molecular flexibility index (Phi) is 4.12. The number of Topliss-reactive ketones (excluding diaryl/α,β-unsaturated/α-hetero) is 2. The molecular formula is C20H23N3O5.